The molecule has 2 saturated carbocycles. The van der Waals surface area contributed by atoms with Gasteiger partial charge in [0, 0.05) is 12.5 Å². The van der Waals surface area contributed by atoms with Crippen LogP contribution in [0.4, 0.5) is 0 Å². The van der Waals surface area contributed by atoms with Crippen molar-refractivity contribution in [2.45, 2.75) is 64.8 Å². The molecule has 0 bridgehead atoms. The van der Waals surface area contributed by atoms with Gasteiger partial charge in [-0.15, -0.1) is 0 Å². The Bertz CT molecular complexity index is 358. The molecule has 102 valence electrons. The van der Waals surface area contributed by atoms with Crippen LogP contribution in [-0.4, -0.2) is 23.0 Å². The molecule has 18 heavy (non-hydrogen) atoms. The molecule has 0 radical (unpaired) electrons. The molecule has 1 amide bonds. The third-order valence-electron chi connectivity index (χ3n) is 4.86. The Morgan fingerprint density at radius 3 is 2.28 bits per heavy atom. The van der Waals surface area contributed by atoms with Crippen molar-refractivity contribution in [1.29, 1.82) is 0 Å². The lowest BCUT2D eigenvalue weighted by atomic mass is 9.66. The average Bonchev–Trinajstić information content (AvgIpc) is 2.51. The fourth-order valence-electron chi connectivity index (χ4n) is 3.22. The zero-order valence-electron chi connectivity index (χ0n) is 11.3. The molecule has 2 N–H and O–H groups in total. The maximum absolute atomic E-state index is 12.0. The summed E-state index contributed by atoms with van der Waals surface area (Å²) in [5.74, 6) is -0.897. The maximum Gasteiger partial charge on any atom is 0.310 e. The summed E-state index contributed by atoms with van der Waals surface area (Å²) in [7, 11) is 0. The molecule has 0 aromatic rings. The van der Waals surface area contributed by atoms with Crippen molar-refractivity contribution in [2.75, 3.05) is 0 Å². The van der Waals surface area contributed by atoms with Gasteiger partial charge in [-0.2, -0.15) is 0 Å². The lowest BCUT2D eigenvalue weighted by Gasteiger charge is -2.38. The SMILES string of the molecule is CC1(C)CCCC1NC(=O)CC1(C(=O)O)CCC1. The molecule has 4 nitrogen and oxygen atoms in total. The third kappa shape index (κ3) is 2.38. The molecule has 1 atom stereocenters. The van der Waals surface area contributed by atoms with Crippen LogP contribution < -0.4 is 5.32 Å². The number of carboxylic acid groups (broad SMARTS) is 1. The number of carboxylic acids is 1. The molecule has 2 aliphatic rings. The highest BCUT2D eigenvalue weighted by atomic mass is 16.4. The molecular weight excluding hydrogens is 230 g/mol. The molecule has 0 heterocycles. The molecule has 2 rings (SSSR count). The zero-order chi connectivity index (χ0) is 13.4. The lowest BCUT2D eigenvalue weighted by Crippen LogP contribution is -2.47. The molecule has 2 fully saturated rings. The summed E-state index contributed by atoms with van der Waals surface area (Å²) < 4.78 is 0. The van der Waals surface area contributed by atoms with Gasteiger partial charge in [0.25, 0.3) is 0 Å². The van der Waals surface area contributed by atoms with Gasteiger partial charge in [-0.1, -0.05) is 26.7 Å². The van der Waals surface area contributed by atoms with Crippen LogP contribution in [0.25, 0.3) is 0 Å². The largest absolute Gasteiger partial charge is 0.481 e. The minimum atomic E-state index is -0.811. The van der Waals surface area contributed by atoms with Gasteiger partial charge in [-0.25, -0.2) is 0 Å². The maximum atomic E-state index is 12.0. The van der Waals surface area contributed by atoms with Crippen molar-refractivity contribution >= 4 is 11.9 Å². The second-order valence-electron chi connectivity index (χ2n) is 6.62. The monoisotopic (exact) mass is 253 g/mol. The minimum absolute atomic E-state index is 0.0860. The van der Waals surface area contributed by atoms with E-state index in [1.54, 1.807) is 0 Å². The van der Waals surface area contributed by atoms with Crippen LogP contribution in [0, 0.1) is 10.8 Å². The van der Waals surface area contributed by atoms with Crippen LogP contribution in [0.15, 0.2) is 0 Å². The second-order valence-corrected chi connectivity index (χ2v) is 6.62. The van der Waals surface area contributed by atoms with E-state index in [0.29, 0.717) is 12.8 Å². The molecule has 0 spiro atoms. The summed E-state index contributed by atoms with van der Waals surface area (Å²) >= 11 is 0. The van der Waals surface area contributed by atoms with E-state index in [4.69, 9.17) is 0 Å². The van der Waals surface area contributed by atoms with E-state index < -0.39 is 11.4 Å². The molecule has 2 aliphatic carbocycles. The van der Waals surface area contributed by atoms with E-state index >= 15 is 0 Å². The fourth-order valence-corrected chi connectivity index (χ4v) is 3.22. The van der Waals surface area contributed by atoms with Crippen molar-refractivity contribution in [2.24, 2.45) is 10.8 Å². The van der Waals surface area contributed by atoms with Crippen molar-refractivity contribution in [1.82, 2.24) is 5.32 Å². The highest BCUT2D eigenvalue weighted by molar-refractivity contribution is 5.85. The number of carbonyl (C=O) groups excluding carboxylic acids is 1. The number of carbonyl (C=O) groups is 2. The van der Waals surface area contributed by atoms with E-state index in [1.807, 2.05) is 0 Å². The Morgan fingerprint density at radius 2 is 1.89 bits per heavy atom. The Labute approximate surface area is 108 Å². The molecule has 4 heteroatoms. The molecular formula is C14H23NO3. The van der Waals surface area contributed by atoms with Gasteiger partial charge in [-0.05, 0) is 31.1 Å². The molecule has 1 unspecified atom stereocenters. The summed E-state index contributed by atoms with van der Waals surface area (Å²) in [6, 6.07) is 0.205. The quantitative estimate of drug-likeness (QED) is 0.808. The van der Waals surface area contributed by atoms with E-state index in [-0.39, 0.29) is 23.8 Å². The molecule has 0 aromatic carbocycles. The van der Waals surface area contributed by atoms with Gasteiger partial charge in [0.1, 0.15) is 0 Å². The first-order valence-corrected chi connectivity index (χ1v) is 6.89. The smallest absolute Gasteiger partial charge is 0.310 e. The van der Waals surface area contributed by atoms with Gasteiger partial charge in [-0.3, -0.25) is 9.59 Å². The Morgan fingerprint density at radius 1 is 1.22 bits per heavy atom. The van der Waals surface area contributed by atoms with Crippen LogP contribution in [0.3, 0.4) is 0 Å². The highest BCUT2D eigenvalue weighted by Crippen LogP contribution is 2.44. The van der Waals surface area contributed by atoms with E-state index in [0.717, 1.165) is 25.7 Å². The van der Waals surface area contributed by atoms with Crippen LogP contribution in [-0.2, 0) is 9.59 Å². The van der Waals surface area contributed by atoms with Crippen LogP contribution in [0.1, 0.15) is 58.8 Å². The number of amides is 1. The van der Waals surface area contributed by atoms with E-state index in [2.05, 4.69) is 19.2 Å². The third-order valence-corrected chi connectivity index (χ3v) is 4.86. The van der Waals surface area contributed by atoms with Crippen molar-refractivity contribution < 1.29 is 14.7 Å². The first-order chi connectivity index (χ1) is 8.36. The van der Waals surface area contributed by atoms with Gasteiger partial charge in [0.05, 0.1) is 5.41 Å². The standard InChI is InChI=1S/C14H23NO3/c1-13(2)6-3-5-10(13)15-11(16)9-14(12(17)18)7-4-8-14/h10H,3-9H2,1-2H3,(H,15,16)(H,17,18). The molecule has 0 aliphatic heterocycles. The van der Waals surface area contributed by atoms with Gasteiger partial charge in [0.2, 0.25) is 5.91 Å². The average molecular weight is 253 g/mol. The number of hydrogen-bond acceptors (Lipinski definition) is 2. The predicted molar refractivity (Wildman–Crippen MR) is 68.1 cm³/mol. The topological polar surface area (TPSA) is 66.4 Å². The summed E-state index contributed by atoms with van der Waals surface area (Å²) in [6.45, 7) is 4.34. The zero-order valence-corrected chi connectivity index (χ0v) is 11.3. The van der Waals surface area contributed by atoms with Crippen LogP contribution in [0.5, 0.6) is 0 Å². The normalized spacial score (nSPS) is 28.4. The van der Waals surface area contributed by atoms with Crippen LogP contribution in [0.2, 0.25) is 0 Å². The lowest BCUT2D eigenvalue weighted by molar-refractivity contribution is -0.157. The van der Waals surface area contributed by atoms with Gasteiger partial charge < -0.3 is 10.4 Å². The first kappa shape index (κ1) is 13.4. The number of hydrogen-bond donors (Lipinski definition) is 2. The Hall–Kier alpha value is -1.06. The van der Waals surface area contributed by atoms with Crippen molar-refractivity contribution in [3.05, 3.63) is 0 Å². The molecule has 0 saturated heterocycles. The van der Waals surface area contributed by atoms with Crippen molar-refractivity contribution in [3.63, 3.8) is 0 Å². The summed E-state index contributed by atoms with van der Waals surface area (Å²) in [6.07, 6.45) is 5.64. The van der Waals surface area contributed by atoms with Gasteiger partial charge in [0.15, 0.2) is 0 Å². The number of nitrogens with one attached hydrogen (secondary N) is 1. The van der Waals surface area contributed by atoms with E-state index in [9.17, 15) is 14.7 Å². The summed E-state index contributed by atoms with van der Waals surface area (Å²) in [4.78, 5) is 23.2. The fraction of sp³-hybridized carbons (Fsp3) is 0.857. The summed E-state index contributed by atoms with van der Waals surface area (Å²) in [5, 5.41) is 12.3. The van der Waals surface area contributed by atoms with Crippen LogP contribution >= 0.6 is 0 Å². The second kappa shape index (κ2) is 4.56. The molecule has 0 aromatic heterocycles. The highest BCUT2D eigenvalue weighted by Gasteiger charge is 2.46. The minimum Gasteiger partial charge on any atom is -0.481 e. The number of aliphatic carboxylic acids is 1. The van der Waals surface area contributed by atoms with Gasteiger partial charge >= 0.3 is 5.97 Å². The van der Waals surface area contributed by atoms with E-state index in [1.165, 1.54) is 0 Å². The predicted octanol–water partition coefficient (Wildman–Crippen LogP) is 2.33. The number of rotatable bonds is 4. The van der Waals surface area contributed by atoms with Crippen molar-refractivity contribution in [3.8, 4) is 0 Å². The summed E-state index contributed by atoms with van der Waals surface area (Å²) in [5.41, 5.74) is -0.626. The Kier molecular flexibility index (Phi) is 3.39. The first-order valence-electron chi connectivity index (χ1n) is 6.89. The Balaban J connectivity index is 1.91.